The molecular weight excluding hydrogens is 412 g/mol. The molecule has 10 nitrogen and oxygen atoms in total. The maximum absolute atomic E-state index is 13.0. The summed E-state index contributed by atoms with van der Waals surface area (Å²) in [6.45, 7) is 1.62. The van der Waals surface area contributed by atoms with Gasteiger partial charge in [-0.15, -0.1) is 0 Å². The first-order valence-corrected chi connectivity index (χ1v) is 10.6. The van der Waals surface area contributed by atoms with Crippen LogP contribution in [0.5, 0.6) is 0 Å². The minimum Gasteiger partial charge on any atom is -0.467 e. The van der Waals surface area contributed by atoms with E-state index in [0.717, 1.165) is 18.7 Å². The minimum absolute atomic E-state index is 0.00567. The van der Waals surface area contributed by atoms with E-state index in [0.29, 0.717) is 31.2 Å². The van der Waals surface area contributed by atoms with Crippen molar-refractivity contribution in [2.45, 2.75) is 38.5 Å². The van der Waals surface area contributed by atoms with Gasteiger partial charge in [0.15, 0.2) is 0 Å². The zero-order valence-corrected chi connectivity index (χ0v) is 18.4. The Balaban J connectivity index is 1.43. The molecule has 0 aromatic carbocycles. The summed E-state index contributed by atoms with van der Waals surface area (Å²) in [4.78, 5) is 35.4. The fourth-order valence-corrected chi connectivity index (χ4v) is 3.87. The van der Waals surface area contributed by atoms with E-state index in [4.69, 9.17) is 8.83 Å². The summed E-state index contributed by atoms with van der Waals surface area (Å²) < 4.78 is 12.6. The Morgan fingerprint density at radius 3 is 2.16 bits per heavy atom. The van der Waals surface area contributed by atoms with Gasteiger partial charge in [0.25, 0.3) is 0 Å². The Kier molecular flexibility index (Phi) is 6.69. The van der Waals surface area contributed by atoms with Crippen LogP contribution in [0.3, 0.4) is 0 Å². The Labute approximate surface area is 186 Å². The molecule has 3 aromatic rings. The van der Waals surface area contributed by atoms with Crippen molar-refractivity contribution in [3.05, 3.63) is 60.5 Å². The molecule has 4 rings (SSSR count). The summed E-state index contributed by atoms with van der Waals surface area (Å²) in [6.07, 6.45) is 6.29. The van der Waals surface area contributed by atoms with Crippen molar-refractivity contribution in [1.29, 1.82) is 0 Å². The summed E-state index contributed by atoms with van der Waals surface area (Å²) in [5, 5.41) is 4.28. The zero-order chi connectivity index (χ0) is 22.5. The molecule has 0 unspecified atom stereocenters. The van der Waals surface area contributed by atoms with Crippen molar-refractivity contribution in [2.24, 2.45) is 0 Å². The highest BCUT2D eigenvalue weighted by atomic mass is 16.3. The fourth-order valence-electron chi connectivity index (χ4n) is 3.87. The number of hydrogen-bond acceptors (Lipinski definition) is 7. The number of aromatic nitrogens is 3. The van der Waals surface area contributed by atoms with Crippen molar-refractivity contribution < 1.29 is 18.4 Å². The molecule has 0 saturated carbocycles. The third kappa shape index (κ3) is 5.25. The van der Waals surface area contributed by atoms with Crippen LogP contribution in [-0.4, -0.2) is 74.5 Å². The first kappa shape index (κ1) is 21.8. The highest BCUT2D eigenvalue weighted by Crippen LogP contribution is 2.18. The van der Waals surface area contributed by atoms with E-state index < -0.39 is 0 Å². The van der Waals surface area contributed by atoms with Crippen LogP contribution >= 0.6 is 0 Å². The largest absolute Gasteiger partial charge is 0.467 e. The molecule has 0 N–H and O–H groups in total. The first-order valence-electron chi connectivity index (χ1n) is 10.6. The summed E-state index contributed by atoms with van der Waals surface area (Å²) >= 11 is 0. The molecule has 1 atom stereocenters. The number of amides is 2. The van der Waals surface area contributed by atoms with E-state index in [-0.39, 0.29) is 30.9 Å². The van der Waals surface area contributed by atoms with Crippen LogP contribution in [0.25, 0.3) is 0 Å². The van der Waals surface area contributed by atoms with Crippen LogP contribution in [0, 0.1) is 0 Å². The quantitative estimate of drug-likeness (QED) is 0.496. The van der Waals surface area contributed by atoms with E-state index in [1.54, 1.807) is 54.9 Å². The number of rotatable bonds is 9. The first-order chi connectivity index (χ1) is 15.5. The third-order valence-corrected chi connectivity index (χ3v) is 5.77. The number of carbonyl (C=O) groups is 2. The molecule has 4 heterocycles. The molecule has 10 heteroatoms. The molecule has 0 radical (unpaired) electrons. The van der Waals surface area contributed by atoms with Gasteiger partial charge >= 0.3 is 0 Å². The lowest BCUT2D eigenvalue weighted by molar-refractivity contribution is -0.136. The average Bonchev–Trinajstić information content (AvgIpc) is 3.55. The van der Waals surface area contributed by atoms with Crippen LogP contribution in [-0.2, 0) is 35.6 Å². The highest BCUT2D eigenvalue weighted by molar-refractivity contribution is 5.81. The van der Waals surface area contributed by atoms with Gasteiger partial charge in [0.05, 0.1) is 45.3 Å². The van der Waals surface area contributed by atoms with E-state index in [9.17, 15) is 9.59 Å². The summed E-state index contributed by atoms with van der Waals surface area (Å²) in [5.74, 6) is 2.21. The molecule has 3 aromatic heterocycles. The van der Waals surface area contributed by atoms with Crippen molar-refractivity contribution in [3.8, 4) is 0 Å². The minimum atomic E-state index is -0.0766. The molecule has 2 amide bonds. The van der Waals surface area contributed by atoms with Crippen molar-refractivity contribution in [2.75, 3.05) is 27.2 Å². The third-order valence-electron chi connectivity index (χ3n) is 5.77. The highest BCUT2D eigenvalue weighted by Gasteiger charge is 2.30. The number of nitrogens with zero attached hydrogens (tertiary/aromatic N) is 6. The Morgan fingerprint density at radius 1 is 1.03 bits per heavy atom. The van der Waals surface area contributed by atoms with Gasteiger partial charge in [-0.3, -0.25) is 14.5 Å². The second kappa shape index (κ2) is 9.82. The van der Waals surface area contributed by atoms with Crippen LogP contribution in [0.15, 0.2) is 52.0 Å². The van der Waals surface area contributed by atoms with Gasteiger partial charge in [-0.25, -0.2) is 9.67 Å². The fraction of sp³-hybridized carbons (Fsp3) is 0.455. The number of fused-ring (bicyclic) bond motifs is 1. The van der Waals surface area contributed by atoms with E-state index >= 15 is 0 Å². The molecular formula is C22H28N6O4. The van der Waals surface area contributed by atoms with Gasteiger partial charge in [-0.1, -0.05) is 0 Å². The van der Waals surface area contributed by atoms with Gasteiger partial charge < -0.3 is 18.6 Å². The molecule has 0 spiro atoms. The Bertz CT molecular complexity index is 957. The number of furan rings is 2. The monoisotopic (exact) mass is 440 g/mol. The summed E-state index contributed by atoms with van der Waals surface area (Å²) in [7, 11) is 3.48. The smallest absolute Gasteiger partial charge is 0.236 e. The average molecular weight is 441 g/mol. The lowest BCUT2D eigenvalue weighted by Crippen LogP contribution is -2.50. The summed E-state index contributed by atoms with van der Waals surface area (Å²) in [6, 6.07) is 7.27. The normalized spacial score (nSPS) is 15.5. The molecule has 32 heavy (non-hydrogen) atoms. The van der Waals surface area contributed by atoms with Gasteiger partial charge in [-0.05, 0) is 30.7 Å². The molecule has 1 aliphatic rings. The van der Waals surface area contributed by atoms with Crippen molar-refractivity contribution >= 4 is 11.8 Å². The second-order valence-electron chi connectivity index (χ2n) is 8.11. The number of hydrogen-bond donors (Lipinski definition) is 0. The SMILES string of the molecule is CN(Cc1ccco1)C(=O)CN(CC(=O)N(C)Cc1ccco1)[C@H]1CCc2ncnn2C1. The van der Waals surface area contributed by atoms with E-state index in [1.165, 1.54) is 0 Å². The molecule has 0 bridgehead atoms. The zero-order valence-electron chi connectivity index (χ0n) is 18.4. The lowest BCUT2D eigenvalue weighted by Gasteiger charge is -2.35. The number of likely N-dealkylation sites (N-methyl/N-ethyl adjacent to an activating group) is 2. The topological polar surface area (TPSA) is 101 Å². The van der Waals surface area contributed by atoms with Gasteiger partial charge in [-0.2, -0.15) is 5.10 Å². The van der Waals surface area contributed by atoms with Gasteiger partial charge in [0.2, 0.25) is 11.8 Å². The van der Waals surface area contributed by atoms with Crippen LogP contribution in [0.1, 0.15) is 23.8 Å². The van der Waals surface area contributed by atoms with Crippen molar-refractivity contribution in [1.82, 2.24) is 29.5 Å². The standard InChI is InChI=1S/C22H28N6O4/c1-25(12-18-5-3-9-31-18)21(29)14-27(17-7-8-20-23-16-24-28(20)11-17)15-22(30)26(2)13-19-6-4-10-32-19/h3-6,9-10,16-17H,7-8,11-15H2,1-2H3/t17-/m0/s1. The maximum Gasteiger partial charge on any atom is 0.236 e. The lowest BCUT2D eigenvalue weighted by atomic mass is 10.1. The van der Waals surface area contributed by atoms with E-state index in [2.05, 4.69) is 10.1 Å². The predicted octanol–water partition coefficient (Wildman–Crippen LogP) is 1.40. The summed E-state index contributed by atoms with van der Waals surface area (Å²) in [5.41, 5.74) is 0. The van der Waals surface area contributed by atoms with Crippen LogP contribution in [0.2, 0.25) is 0 Å². The molecule has 170 valence electrons. The molecule has 0 aliphatic carbocycles. The Hall–Kier alpha value is -3.40. The molecule has 1 aliphatic heterocycles. The van der Waals surface area contributed by atoms with Crippen molar-refractivity contribution in [3.63, 3.8) is 0 Å². The van der Waals surface area contributed by atoms with Crippen LogP contribution in [0.4, 0.5) is 0 Å². The molecule has 0 fully saturated rings. The number of carbonyl (C=O) groups excluding carboxylic acids is 2. The van der Waals surface area contributed by atoms with Crippen LogP contribution < -0.4 is 0 Å². The Morgan fingerprint density at radius 2 is 1.62 bits per heavy atom. The van der Waals surface area contributed by atoms with Gasteiger partial charge in [0, 0.05) is 26.6 Å². The second-order valence-corrected chi connectivity index (χ2v) is 8.11. The predicted molar refractivity (Wildman–Crippen MR) is 114 cm³/mol. The maximum atomic E-state index is 13.0. The van der Waals surface area contributed by atoms with Gasteiger partial charge in [0.1, 0.15) is 23.7 Å². The molecule has 0 saturated heterocycles. The van der Waals surface area contributed by atoms with E-state index in [1.807, 2.05) is 21.7 Å². The number of aryl methyl sites for hydroxylation is 1.